The van der Waals surface area contributed by atoms with Gasteiger partial charge in [-0.05, 0) is 60.5 Å². The minimum atomic E-state index is -2.30. The summed E-state index contributed by atoms with van der Waals surface area (Å²) in [5.74, 6) is -13.5. The number of likely N-dealkylation sites (N-methyl/N-ethyl adjacent to an activating group) is 1. The van der Waals surface area contributed by atoms with E-state index < -0.39 is 58.2 Å². The summed E-state index contributed by atoms with van der Waals surface area (Å²) < 4.78 is 85.6. The summed E-state index contributed by atoms with van der Waals surface area (Å²) in [5.41, 5.74) is 0.795. The summed E-state index contributed by atoms with van der Waals surface area (Å²) in [6, 6.07) is 6.53. The number of rotatable bonds is 10. The summed E-state index contributed by atoms with van der Waals surface area (Å²) >= 11 is 0.155. The molecule has 4 rings (SSSR count). The van der Waals surface area contributed by atoms with E-state index in [0.717, 1.165) is 58.7 Å². The maximum absolute atomic E-state index is 15.1. The van der Waals surface area contributed by atoms with Gasteiger partial charge in [0.1, 0.15) is 10.7 Å². The van der Waals surface area contributed by atoms with Gasteiger partial charge in [0, 0.05) is 12.7 Å². The van der Waals surface area contributed by atoms with E-state index in [1.165, 1.54) is 6.92 Å². The monoisotopic (exact) mass is 597 g/mol. The van der Waals surface area contributed by atoms with Crippen molar-refractivity contribution in [2.24, 2.45) is 0 Å². The second-order valence-electron chi connectivity index (χ2n) is 9.46. The van der Waals surface area contributed by atoms with E-state index in [2.05, 4.69) is 4.98 Å². The number of carboxylic acid groups (broad SMARTS) is 1. The molecule has 1 amide bonds. The molecule has 0 aliphatic heterocycles. The number of carbonyl (C=O) groups is 2. The highest BCUT2D eigenvalue weighted by molar-refractivity contribution is 7.97. The highest BCUT2D eigenvalue weighted by Crippen LogP contribution is 2.35. The molecular weight excluding hydrogens is 572 g/mol. The van der Waals surface area contributed by atoms with Crippen LogP contribution in [0.25, 0.3) is 0 Å². The Morgan fingerprint density at radius 2 is 1.59 bits per heavy atom. The molecule has 1 N–H and O–H groups in total. The van der Waals surface area contributed by atoms with Gasteiger partial charge in [-0.25, -0.2) is 35.4 Å². The number of aromatic nitrogens is 1. The maximum atomic E-state index is 15.1. The van der Waals surface area contributed by atoms with Gasteiger partial charge in [-0.3, -0.25) is 9.78 Å². The predicted octanol–water partition coefficient (Wildman–Crippen LogP) is 6.83. The normalized spacial score (nSPS) is 13.7. The van der Waals surface area contributed by atoms with E-state index in [1.807, 2.05) is 6.07 Å². The molecular formula is C28H25F6N3O3S. The van der Waals surface area contributed by atoms with Crippen LogP contribution in [-0.2, 0) is 11.3 Å². The molecule has 218 valence electrons. The van der Waals surface area contributed by atoms with Crippen molar-refractivity contribution in [2.75, 3.05) is 18.0 Å². The Labute approximate surface area is 236 Å². The number of anilines is 1. The molecule has 1 aliphatic rings. The van der Waals surface area contributed by atoms with Crippen molar-refractivity contribution < 1.29 is 41.0 Å². The van der Waals surface area contributed by atoms with Crippen molar-refractivity contribution in [3.8, 4) is 0 Å². The van der Waals surface area contributed by atoms with Crippen LogP contribution in [0.4, 0.5) is 32.0 Å². The second kappa shape index (κ2) is 12.9. The number of halogens is 6. The highest BCUT2D eigenvalue weighted by Gasteiger charge is 2.29. The van der Waals surface area contributed by atoms with E-state index in [9.17, 15) is 36.6 Å². The highest BCUT2D eigenvalue weighted by atomic mass is 32.2. The summed E-state index contributed by atoms with van der Waals surface area (Å²) in [4.78, 5) is 29.0. The largest absolute Gasteiger partial charge is 0.478 e. The van der Waals surface area contributed by atoms with Crippen molar-refractivity contribution in [2.45, 2.75) is 50.0 Å². The van der Waals surface area contributed by atoms with E-state index >= 15 is 4.39 Å². The number of amides is 1. The zero-order chi connectivity index (χ0) is 29.8. The molecule has 1 aliphatic carbocycles. The van der Waals surface area contributed by atoms with Crippen molar-refractivity contribution in [1.29, 1.82) is 0 Å². The van der Waals surface area contributed by atoms with E-state index in [4.69, 9.17) is 0 Å². The van der Waals surface area contributed by atoms with E-state index in [1.54, 1.807) is 12.3 Å². The van der Waals surface area contributed by atoms with Crippen LogP contribution in [0.1, 0.15) is 60.1 Å². The smallest absolute Gasteiger partial charge is 0.335 e. The Kier molecular flexibility index (Phi) is 9.59. The first kappa shape index (κ1) is 30.4. The van der Waals surface area contributed by atoms with Crippen molar-refractivity contribution in [3.63, 3.8) is 0 Å². The molecule has 0 spiro atoms. The molecule has 2 aromatic carbocycles. The molecule has 3 aromatic rings. The van der Waals surface area contributed by atoms with Crippen LogP contribution in [0.3, 0.4) is 0 Å². The fourth-order valence-corrected chi connectivity index (χ4v) is 5.50. The van der Waals surface area contributed by atoms with Crippen LogP contribution >= 0.6 is 11.9 Å². The van der Waals surface area contributed by atoms with Gasteiger partial charge in [0.15, 0.2) is 23.3 Å². The number of carboxylic acids is 1. The molecule has 0 bridgehead atoms. The first-order chi connectivity index (χ1) is 19.5. The summed E-state index contributed by atoms with van der Waals surface area (Å²) in [7, 11) is 0. The van der Waals surface area contributed by atoms with Crippen molar-refractivity contribution >= 4 is 29.5 Å². The molecule has 6 nitrogen and oxygen atoms in total. The van der Waals surface area contributed by atoms with Gasteiger partial charge < -0.3 is 10.0 Å². The minimum absolute atomic E-state index is 0.0709. The third-order valence-corrected chi connectivity index (χ3v) is 8.02. The first-order valence-corrected chi connectivity index (χ1v) is 13.5. The molecule has 41 heavy (non-hydrogen) atoms. The molecule has 0 radical (unpaired) electrons. The lowest BCUT2D eigenvalue weighted by Crippen LogP contribution is -2.38. The van der Waals surface area contributed by atoms with Gasteiger partial charge >= 0.3 is 5.97 Å². The van der Waals surface area contributed by atoms with E-state index in [0.29, 0.717) is 11.6 Å². The Morgan fingerprint density at radius 1 is 0.951 bits per heavy atom. The fraction of sp³-hybridized carbons (Fsp3) is 0.321. The lowest BCUT2D eigenvalue weighted by molar-refractivity contribution is -0.118. The Balaban J connectivity index is 1.62. The summed E-state index contributed by atoms with van der Waals surface area (Å²) in [6.45, 7) is 0.555. The zero-order valence-electron chi connectivity index (χ0n) is 21.8. The average Bonchev–Trinajstić information content (AvgIpc) is 3.51. The Hall–Kier alpha value is -3.58. The lowest BCUT2D eigenvalue weighted by Gasteiger charge is -2.27. The number of aromatic carboxylic acids is 1. The topological polar surface area (TPSA) is 73.7 Å². The molecule has 13 heteroatoms. The number of benzene rings is 2. The Bertz CT molecular complexity index is 1420. The molecule has 1 saturated carbocycles. The van der Waals surface area contributed by atoms with Crippen LogP contribution in [0.5, 0.6) is 0 Å². The maximum Gasteiger partial charge on any atom is 0.335 e. The van der Waals surface area contributed by atoms with Crippen LogP contribution in [0.15, 0.2) is 41.4 Å². The van der Waals surface area contributed by atoms with Crippen molar-refractivity contribution in [3.05, 3.63) is 88.3 Å². The quantitative estimate of drug-likeness (QED) is 0.120. The van der Waals surface area contributed by atoms with Crippen LogP contribution in [0, 0.1) is 34.9 Å². The molecule has 0 saturated heterocycles. The molecule has 1 heterocycles. The number of pyridine rings is 1. The zero-order valence-corrected chi connectivity index (χ0v) is 22.6. The summed E-state index contributed by atoms with van der Waals surface area (Å²) in [6.07, 6.45) is 6.02. The third-order valence-electron chi connectivity index (χ3n) is 6.84. The molecule has 0 unspecified atom stereocenters. The SMILES string of the molecule is CCN(CC(=O)N(Cc1ccc(C2CCCC2)cn1)c1ccc(C(=O)O)cc1F)Sc1c(F)c(F)c(F)c(F)c1F. The average molecular weight is 598 g/mol. The second-order valence-corrected chi connectivity index (χ2v) is 10.6. The molecule has 0 atom stereocenters. The fourth-order valence-electron chi connectivity index (χ4n) is 4.60. The minimum Gasteiger partial charge on any atom is -0.478 e. The number of nitrogens with zero attached hydrogens (tertiary/aromatic N) is 3. The van der Waals surface area contributed by atoms with Crippen molar-refractivity contribution in [1.82, 2.24) is 9.29 Å². The van der Waals surface area contributed by atoms with Gasteiger partial charge in [-0.1, -0.05) is 25.8 Å². The van der Waals surface area contributed by atoms with Gasteiger partial charge in [0.05, 0.1) is 30.0 Å². The standard InChI is InChI=1S/C28H25F6N3O3S/c1-2-36(41-27-25(33)23(31)22(30)24(32)26(27)34)14-21(38)37(20-10-8-16(28(39)40)11-19(20)29)13-18-9-7-17(12-35-18)15-5-3-4-6-15/h7-12,15H,2-6,13-14H2,1H3,(H,39,40). The Morgan fingerprint density at radius 3 is 2.12 bits per heavy atom. The number of hydrogen-bond donors (Lipinski definition) is 1. The van der Waals surface area contributed by atoms with Gasteiger partial charge in [0.2, 0.25) is 11.7 Å². The first-order valence-electron chi connectivity index (χ1n) is 12.7. The summed E-state index contributed by atoms with van der Waals surface area (Å²) in [5, 5.41) is 9.19. The number of carbonyl (C=O) groups excluding carboxylic acids is 1. The predicted molar refractivity (Wildman–Crippen MR) is 139 cm³/mol. The van der Waals surface area contributed by atoms with Crippen LogP contribution in [0.2, 0.25) is 0 Å². The molecule has 1 aromatic heterocycles. The third kappa shape index (κ3) is 6.67. The number of hydrogen-bond acceptors (Lipinski definition) is 5. The van der Waals surface area contributed by atoms with E-state index in [-0.39, 0.29) is 36.3 Å². The van der Waals surface area contributed by atoms with Gasteiger partial charge in [-0.15, -0.1) is 0 Å². The van der Waals surface area contributed by atoms with Crippen LogP contribution < -0.4 is 4.90 Å². The van der Waals surface area contributed by atoms with Gasteiger partial charge in [-0.2, -0.15) is 0 Å². The van der Waals surface area contributed by atoms with Crippen LogP contribution in [-0.4, -0.2) is 39.4 Å². The molecule has 1 fully saturated rings. The lowest BCUT2D eigenvalue weighted by atomic mass is 9.99. The van der Waals surface area contributed by atoms with Gasteiger partial charge in [0.25, 0.3) is 0 Å².